The first kappa shape index (κ1) is 33.7. The molecule has 4 N–H and O–H groups in total. The highest BCUT2D eigenvalue weighted by atomic mass is 16.7. The molecule has 1 saturated heterocycles. The molecule has 1 aliphatic rings. The molecule has 37 heavy (non-hydrogen) atoms. The van der Waals surface area contributed by atoms with Gasteiger partial charge in [-0.25, -0.2) is 0 Å². The van der Waals surface area contributed by atoms with E-state index in [1.54, 1.807) is 0 Å². The van der Waals surface area contributed by atoms with Crippen molar-refractivity contribution in [1.29, 1.82) is 0 Å². The minimum Gasteiger partial charge on any atom is -0.462 e. The molecular weight excluding hydrogens is 484 g/mol. The number of aliphatic hydroxyl groups excluding tert-OH is 4. The lowest BCUT2D eigenvalue weighted by Gasteiger charge is -2.39. The summed E-state index contributed by atoms with van der Waals surface area (Å²) in [6, 6.07) is 0. The van der Waals surface area contributed by atoms with Crippen molar-refractivity contribution in [2.45, 2.75) is 141 Å². The molecule has 0 bridgehead atoms. The number of unbranched alkanes of at least 4 members (excludes halogenated alkanes) is 10. The van der Waals surface area contributed by atoms with E-state index in [0.29, 0.717) is 6.42 Å². The Bertz CT molecular complexity index is 600. The molecule has 1 heterocycles. The van der Waals surface area contributed by atoms with Crippen LogP contribution in [0.5, 0.6) is 0 Å². The Morgan fingerprint density at radius 2 is 1.27 bits per heavy atom. The van der Waals surface area contributed by atoms with Gasteiger partial charge in [0.2, 0.25) is 0 Å². The van der Waals surface area contributed by atoms with E-state index in [2.05, 4.69) is 6.92 Å². The van der Waals surface area contributed by atoms with Crippen molar-refractivity contribution >= 4 is 11.9 Å². The van der Waals surface area contributed by atoms with Crippen LogP contribution < -0.4 is 0 Å². The second-order valence-corrected chi connectivity index (χ2v) is 9.86. The summed E-state index contributed by atoms with van der Waals surface area (Å²) in [6.45, 7) is 3.15. The first-order chi connectivity index (χ1) is 17.8. The SMILES string of the molecule is CCCCCCCCCCCC(=O)OC[C@H](CO[C@@H]1O[C@H](CO)[C@H](O)[C@H](O)[C@H]1O)OC(=O)CCCCC. The van der Waals surface area contributed by atoms with E-state index < -0.39 is 49.4 Å². The van der Waals surface area contributed by atoms with Gasteiger partial charge in [0.25, 0.3) is 0 Å². The van der Waals surface area contributed by atoms with Gasteiger partial charge in [-0.3, -0.25) is 9.59 Å². The number of rotatable bonds is 21. The van der Waals surface area contributed by atoms with Crippen LogP contribution in [-0.4, -0.2) is 89.0 Å². The minimum absolute atomic E-state index is 0.215. The van der Waals surface area contributed by atoms with Crippen molar-refractivity contribution in [3.05, 3.63) is 0 Å². The van der Waals surface area contributed by atoms with Crippen molar-refractivity contribution in [2.24, 2.45) is 0 Å². The topological polar surface area (TPSA) is 152 Å². The maximum atomic E-state index is 12.2. The van der Waals surface area contributed by atoms with Gasteiger partial charge in [0.15, 0.2) is 12.4 Å². The molecular formula is C27H50O10. The molecule has 0 aromatic carbocycles. The van der Waals surface area contributed by atoms with E-state index >= 15 is 0 Å². The maximum Gasteiger partial charge on any atom is 0.306 e. The third-order valence-corrected chi connectivity index (χ3v) is 6.49. The maximum absolute atomic E-state index is 12.2. The predicted molar refractivity (Wildman–Crippen MR) is 137 cm³/mol. The molecule has 0 amide bonds. The molecule has 218 valence electrons. The fourth-order valence-electron chi connectivity index (χ4n) is 4.13. The van der Waals surface area contributed by atoms with E-state index in [0.717, 1.165) is 32.1 Å². The number of esters is 2. The van der Waals surface area contributed by atoms with Crippen LogP contribution in [0.2, 0.25) is 0 Å². The molecule has 0 aromatic rings. The predicted octanol–water partition coefficient (Wildman–Crippen LogP) is 2.76. The summed E-state index contributed by atoms with van der Waals surface area (Å²) in [7, 11) is 0. The standard InChI is InChI=1S/C27H50O10/c1-3-5-7-8-9-10-11-12-14-15-22(29)34-18-20(36-23(30)16-13-6-4-2)19-35-27-26(33)25(32)24(31)21(17-28)37-27/h20-21,24-28,31-33H,3-19H2,1-2H3/t20-,21-,24+,25+,26-,27-/m1/s1. The van der Waals surface area contributed by atoms with Gasteiger partial charge >= 0.3 is 11.9 Å². The Hall–Kier alpha value is -1.30. The Morgan fingerprint density at radius 1 is 0.730 bits per heavy atom. The summed E-state index contributed by atoms with van der Waals surface area (Å²) in [5.74, 6) is -0.839. The van der Waals surface area contributed by atoms with Gasteiger partial charge in [-0.15, -0.1) is 0 Å². The summed E-state index contributed by atoms with van der Waals surface area (Å²) in [6.07, 6.45) is 5.17. The average Bonchev–Trinajstić information content (AvgIpc) is 2.89. The highest BCUT2D eigenvalue weighted by Gasteiger charge is 2.44. The number of hydrogen-bond donors (Lipinski definition) is 4. The van der Waals surface area contributed by atoms with Crippen LogP contribution in [-0.2, 0) is 28.5 Å². The molecule has 0 radical (unpaired) electrons. The van der Waals surface area contributed by atoms with Gasteiger partial charge in [-0.1, -0.05) is 78.1 Å². The molecule has 1 rings (SSSR count). The van der Waals surface area contributed by atoms with Crippen LogP contribution in [0.1, 0.15) is 104 Å². The Labute approximate surface area is 221 Å². The molecule has 6 atom stereocenters. The van der Waals surface area contributed by atoms with Crippen LogP contribution in [0.25, 0.3) is 0 Å². The fourth-order valence-corrected chi connectivity index (χ4v) is 4.13. The first-order valence-corrected chi connectivity index (χ1v) is 14.1. The molecule has 1 aliphatic heterocycles. The van der Waals surface area contributed by atoms with Crippen molar-refractivity contribution in [3.8, 4) is 0 Å². The number of ether oxygens (including phenoxy) is 4. The second kappa shape index (κ2) is 20.6. The van der Waals surface area contributed by atoms with Gasteiger partial charge in [0.05, 0.1) is 13.2 Å². The second-order valence-electron chi connectivity index (χ2n) is 9.86. The zero-order chi connectivity index (χ0) is 27.5. The average molecular weight is 535 g/mol. The third-order valence-electron chi connectivity index (χ3n) is 6.49. The lowest BCUT2D eigenvalue weighted by atomic mass is 9.99. The van der Waals surface area contributed by atoms with Crippen LogP contribution >= 0.6 is 0 Å². The normalized spacial score (nSPS) is 24.5. The highest BCUT2D eigenvalue weighted by molar-refractivity contribution is 5.70. The van der Waals surface area contributed by atoms with Gasteiger partial charge in [0.1, 0.15) is 31.0 Å². The zero-order valence-electron chi connectivity index (χ0n) is 22.7. The molecule has 0 saturated carbocycles. The molecule has 1 fully saturated rings. The molecule has 0 aliphatic carbocycles. The Balaban J connectivity index is 2.46. The van der Waals surface area contributed by atoms with Gasteiger partial charge in [-0.2, -0.15) is 0 Å². The van der Waals surface area contributed by atoms with Crippen molar-refractivity contribution < 1.29 is 49.0 Å². The molecule has 10 nitrogen and oxygen atoms in total. The number of hydrogen-bond acceptors (Lipinski definition) is 10. The third kappa shape index (κ3) is 14.4. The molecule has 0 unspecified atom stereocenters. The molecule has 10 heteroatoms. The summed E-state index contributed by atoms with van der Waals surface area (Å²) >= 11 is 0. The van der Waals surface area contributed by atoms with Gasteiger partial charge in [-0.05, 0) is 12.8 Å². The van der Waals surface area contributed by atoms with Crippen LogP contribution in [0.4, 0.5) is 0 Å². The summed E-state index contributed by atoms with van der Waals surface area (Å²) in [4.78, 5) is 24.4. The largest absolute Gasteiger partial charge is 0.462 e. The van der Waals surface area contributed by atoms with Crippen LogP contribution in [0.3, 0.4) is 0 Å². The lowest BCUT2D eigenvalue weighted by Crippen LogP contribution is -2.59. The van der Waals surface area contributed by atoms with Crippen molar-refractivity contribution in [2.75, 3.05) is 19.8 Å². The first-order valence-electron chi connectivity index (χ1n) is 14.1. The van der Waals surface area contributed by atoms with E-state index in [1.165, 1.54) is 38.5 Å². The number of carbonyl (C=O) groups excluding carboxylic acids is 2. The smallest absolute Gasteiger partial charge is 0.306 e. The number of carbonyl (C=O) groups is 2. The van der Waals surface area contributed by atoms with E-state index in [4.69, 9.17) is 18.9 Å². The van der Waals surface area contributed by atoms with Crippen molar-refractivity contribution in [1.82, 2.24) is 0 Å². The molecule has 0 spiro atoms. The number of aliphatic hydroxyl groups is 4. The van der Waals surface area contributed by atoms with E-state index in [1.807, 2.05) is 6.92 Å². The summed E-state index contributed by atoms with van der Waals surface area (Å²) in [5, 5.41) is 39.3. The van der Waals surface area contributed by atoms with Crippen LogP contribution in [0.15, 0.2) is 0 Å². The van der Waals surface area contributed by atoms with Crippen LogP contribution in [0, 0.1) is 0 Å². The lowest BCUT2D eigenvalue weighted by molar-refractivity contribution is -0.305. The van der Waals surface area contributed by atoms with Gasteiger partial charge < -0.3 is 39.4 Å². The zero-order valence-corrected chi connectivity index (χ0v) is 22.7. The molecule has 0 aromatic heterocycles. The van der Waals surface area contributed by atoms with Gasteiger partial charge in [0, 0.05) is 12.8 Å². The highest BCUT2D eigenvalue weighted by Crippen LogP contribution is 2.22. The minimum atomic E-state index is -1.58. The monoisotopic (exact) mass is 534 g/mol. The van der Waals surface area contributed by atoms with E-state index in [9.17, 15) is 30.0 Å². The fraction of sp³-hybridized carbons (Fsp3) is 0.926. The Morgan fingerprint density at radius 3 is 1.89 bits per heavy atom. The quantitative estimate of drug-likeness (QED) is 0.128. The van der Waals surface area contributed by atoms with E-state index in [-0.39, 0.29) is 32.0 Å². The Kier molecular flexibility index (Phi) is 18.8. The summed E-state index contributed by atoms with van der Waals surface area (Å²) < 4.78 is 21.6. The summed E-state index contributed by atoms with van der Waals surface area (Å²) in [5.41, 5.74) is 0. The van der Waals surface area contributed by atoms with Crippen molar-refractivity contribution in [3.63, 3.8) is 0 Å².